The van der Waals surface area contributed by atoms with E-state index >= 15 is 0 Å². The molecular formula is C24H26FNO5. The highest BCUT2D eigenvalue weighted by Crippen LogP contribution is 2.39. The second kappa shape index (κ2) is 8.67. The van der Waals surface area contributed by atoms with E-state index in [2.05, 4.69) is 0 Å². The first-order valence-corrected chi connectivity index (χ1v) is 10.5. The van der Waals surface area contributed by atoms with Crippen molar-refractivity contribution in [3.8, 4) is 16.9 Å². The van der Waals surface area contributed by atoms with Crippen molar-refractivity contribution in [1.29, 1.82) is 0 Å². The summed E-state index contributed by atoms with van der Waals surface area (Å²) in [5, 5.41) is 8.87. The van der Waals surface area contributed by atoms with E-state index in [1.54, 1.807) is 24.0 Å². The van der Waals surface area contributed by atoms with Gasteiger partial charge in [0.15, 0.2) is 0 Å². The highest BCUT2D eigenvalue weighted by molar-refractivity contribution is 5.77. The molecule has 1 amide bonds. The first kappa shape index (κ1) is 21.3. The van der Waals surface area contributed by atoms with Crippen LogP contribution in [0.5, 0.6) is 5.75 Å². The molecule has 31 heavy (non-hydrogen) atoms. The predicted molar refractivity (Wildman–Crippen MR) is 112 cm³/mol. The number of benzene rings is 2. The molecule has 7 heteroatoms. The van der Waals surface area contributed by atoms with Gasteiger partial charge in [-0.3, -0.25) is 9.59 Å². The molecular weight excluding hydrogens is 401 g/mol. The van der Waals surface area contributed by atoms with Crippen LogP contribution in [-0.4, -0.2) is 40.8 Å². The van der Waals surface area contributed by atoms with Gasteiger partial charge in [-0.25, -0.2) is 4.39 Å². The van der Waals surface area contributed by atoms with Crippen molar-refractivity contribution < 1.29 is 28.6 Å². The fourth-order valence-electron chi connectivity index (χ4n) is 4.19. The number of hydrogen-bond donors (Lipinski definition) is 1. The van der Waals surface area contributed by atoms with Gasteiger partial charge in [-0.15, -0.1) is 0 Å². The SMILES string of the molecule is CC(CC(=O)O)CC(=O)N1CCC2(CC1)OCc1cc(-c3ccc(F)cc3)ccc1O2. The molecule has 1 spiro atoms. The number of likely N-dealkylation sites (tertiary alicyclic amines) is 1. The van der Waals surface area contributed by atoms with Crippen molar-refractivity contribution in [3.63, 3.8) is 0 Å². The molecule has 1 unspecified atom stereocenters. The van der Waals surface area contributed by atoms with Crippen molar-refractivity contribution >= 4 is 11.9 Å². The number of aliphatic carboxylic acids is 1. The lowest BCUT2D eigenvalue weighted by Gasteiger charge is -2.44. The normalized spacial score (nSPS) is 18.2. The standard InChI is InChI=1S/C24H26FNO5/c1-16(13-23(28)29)12-22(27)26-10-8-24(9-11-26)30-15-19-14-18(4-7-21(19)31-24)17-2-5-20(25)6-3-17/h2-7,14,16H,8-13,15H2,1H3,(H,28,29). The highest BCUT2D eigenvalue weighted by Gasteiger charge is 2.42. The van der Waals surface area contributed by atoms with Crippen LogP contribution < -0.4 is 4.74 Å². The minimum absolute atomic E-state index is 0.00751. The van der Waals surface area contributed by atoms with Gasteiger partial charge in [-0.1, -0.05) is 25.1 Å². The number of piperidine rings is 1. The van der Waals surface area contributed by atoms with Crippen LogP contribution in [0, 0.1) is 11.7 Å². The van der Waals surface area contributed by atoms with Gasteiger partial charge in [0, 0.05) is 44.3 Å². The largest absolute Gasteiger partial charge is 0.481 e. The Morgan fingerprint density at radius 3 is 2.45 bits per heavy atom. The Labute approximate surface area is 180 Å². The van der Waals surface area contributed by atoms with Crippen molar-refractivity contribution in [2.45, 2.75) is 45.0 Å². The minimum Gasteiger partial charge on any atom is -0.481 e. The summed E-state index contributed by atoms with van der Waals surface area (Å²) in [5.74, 6) is -1.34. The van der Waals surface area contributed by atoms with Gasteiger partial charge in [0.25, 0.3) is 0 Å². The second-order valence-corrected chi connectivity index (χ2v) is 8.42. The molecule has 2 aromatic carbocycles. The maximum absolute atomic E-state index is 13.2. The molecule has 4 rings (SSSR count). The van der Waals surface area contributed by atoms with E-state index in [9.17, 15) is 14.0 Å². The van der Waals surface area contributed by atoms with Gasteiger partial charge in [0.2, 0.25) is 11.7 Å². The summed E-state index contributed by atoms with van der Waals surface area (Å²) < 4.78 is 25.5. The average Bonchev–Trinajstić information content (AvgIpc) is 2.74. The number of carbonyl (C=O) groups excluding carboxylic acids is 1. The number of carboxylic acid groups (broad SMARTS) is 1. The number of rotatable bonds is 5. The summed E-state index contributed by atoms with van der Waals surface area (Å²) in [7, 11) is 0. The summed E-state index contributed by atoms with van der Waals surface area (Å²) in [4.78, 5) is 25.1. The van der Waals surface area contributed by atoms with Crippen molar-refractivity contribution in [3.05, 3.63) is 53.8 Å². The fourth-order valence-corrected chi connectivity index (χ4v) is 4.19. The quantitative estimate of drug-likeness (QED) is 0.773. The number of fused-ring (bicyclic) bond motifs is 1. The summed E-state index contributed by atoms with van der Waals surface area (Å²) in [6.07, 6.45) is 1.35. The smallest absolute Gasteiger partial charge is 0.303 e. The van der Waals surface area contributed by atoms with Gasteiger partial charge in [0.05, 0.1) is 6.61 Å². The number of carboxylic acids is 1. The lowest BCUT2D eigenvalue weighted by molar-refractivity contribution is -0.227. The Morgan fingerprint density at radius 1 is 1.10 bits per heavy atom. The molecule has 2 heterocycles. The van der Waals surface area contributed by atoms with Crippen LogP contribution >= 0.6 is 0 Å². The number of hydrogen-bond acceptors (Lipinski definition) is 4. The van der Waals surface area contributed by atoms with Gasteiger partial charge in [0.1, 0.15) is 11.6 Å². The first-order valence-electron chi connectivity index (χ1n) is 10.5. The molecule has 1 saturated heterocycles. The Kier molecular flexibility index (Phi) is 5.96. The number of nitrogens with zero attached hydrogens (tertiary/aromatic N) is 1. The van der Waals surface area contributed by atoms with E-state index in [0.29, 0.717) is 32.5 Å². The molecule has 1 fully saturated rings. The van der Waals surface area contributed by atoms with Crippen molar-refractivity contribution in [2.75, 3.05) is 13.1 Å². The average molecular weight is 427 g/mol. The second-order valence-electron chi connectivity index (χ2n) is 8.42. The van der Waals surface area contributed by atoms with Crippen molar-refractivity contribution in [1.82, 2.24) is 4.90 Å². The molecule has 0 radical (unpaired) electrons. The summed E-state index contributed by atoms with van der Waals surface area (Å²) >= 11 is 0. The molecule has 0 saturated carbocycles. The minimum atomic E-state index is -0.886. The van der Waals surface area contributed by atoms with E-state index in [1.807, 2.05) is 18.2 Å². The third-order valence-corrected chi connectivity index (χ3v) is 5.95. The van der Waals surface area contributed by atoms with Gasteiger partial charge < -0.3 is 19.5 Å². The topological polar surface area (TPSA) is 76.1 Å². The number of amides is 1. The number of halogens is 1. The molecule has 0 aromatic heterocycles. The van der Waals surface area contributed by atoms with Gasteiger partial charge in [-0.2, -0.15) is 0 Å². The monoisotopic (exact) mass is 427 g/mol. The molecule has 6 nitrogen and oxygen atoms in total. The maximum Gasteiger partial charge on any atom is 0.303 e. The summed E-state index contributed by atoms with van der Waals surface area (Å²) in [5.41, 5.74) is 2.83. The molecule has 1 atom stereocenters. The lowest BCUT2D eigenvalue weighted by Crippen LogP contribution is -2.52. The highest BCUT2D eigenvalue weighted by atomic mass is 19.1. The number of ether oxygens (including phenoxy) is 2. The molecule has 2 aromatic rings. The van der Waals surface area contributed by atoms with E-state index in [4.69, 9.17) is 14.6 Å². The van der Waals surface area contributed by atoms with Crippen LogP contribution in [0.15, 0.2) is 42.5 Å². The Hall–Kier alpha value is -2.93. The summed E-state index contributed by atoms with van der Waals surface area (Å²) in [6.45, 7) is 3.22. The van der Waals surface area contributed by atoms with E-state index in [1.165, 1.54) is 12.1 Å². The van der Waals surface area contributed by atoms with Crippen LogP contribution in [-0.2, 0) is 20.9 Å². The molecule has 2 aliphatic heterocycles. The van der Waals surface area contributed by atoms with Crippen LogP contribution in [0.25, 0.3) is 11.1 Å². The Balaban J connectivity index is 1.37. The van der Waals surface area contributed by atoms with Crippen molar-refractivity contribution in [2.24, 2.45) is 5.92 Å². The third kappa shape index (κ3) is 4.88. The molecule has 0 aliphatic carbocycles. The maximum atomic E-state index is 13.2. The number of carbonyl (C=O) groups is 2. The molecule has 2 aliphatic rings. The first-order chi connectivity index (χ1) is 14.8. The van der Waals surface area contributed by atoms with Crippen LogP contribution in [0.2, 0.25) is 0 Å². The van der Waals surface area contributed by atoms with Gasteiger partial charge >= 0.3 is 5.97 Å². The third-order valence-electron chi connectivity index (χ3n) is 5.95. The fraction of sp³-hybridized carbons (Fsp3) is 0.417. The molecule has 0 bridgehead atoms. The van der Waals surface area contributed by atoms with Gasteiger partial charge in [-0.05, 0) is 41.3 Å². The zero-order valence-electron chi connectivity index (χ0n) is 17.5. The Morgan fingerprint density at radius 2 is 1.77 bits per heavy atom. The zero-order chi connectivity index (χ0) is 22.0. The predicted octanol–water partition coefficient (Wildman–Crippen LogP) is 4.22. The zero-order valence-corrected chi connectivity index (χ0v) is 17.5. The van der Waals surface area contributed by atoms with Crippen LogP contribution in [0.4, 0.5) is 4.39 Å². The van der Waals surface area contributed by atoms with Crippen LogP contribution in [0.1, 0.15) is 38.2 Å². The van der Waals surface area contributed by atoms with E-state index in [0.717, 1.165) is 22.4 Å². The summed E-state index contributed by atoms with van der Waals surface area (Å²) in [6, 6.07) is 12.2. The van der Waals surface area contributed by atoms with Crippen LogP contribution in [0.3, 0.4) is 0 Å². The molecule has 1 N–H and O–H groups in total. The lowest BCUT2D eigenvalue weighted by atomic mass is 9.98. The van der Waals surface area contributed by atoms with E-state index < -0.39 is 11.8 Å². The Bertz CT molecular complexity index is 966. The molecule has 164 valence electrons. The van der Waals surface area contributed by atoms with E-state index in [-0.39, 0.29) is 30.5 Å².